The molecule has 0 saturated carbocycles. The Bertz CT molecular complexity index is 1140. The average molecular weight is 410 g/mol. The lowest BCUT2D eigenvalue weighted by molar-refractivity contribution is -0.117. The van der Waals surface area contributed by atoms with Crippen LogP contribution in [0.2, 0.25) is 0 Å². The van der Waals surface area contributed by atoms with E-state index < -0.39 is 6.29 Å². The summed E-state index contributed by atoms with van der Waals surface area (Å²) in [5.41, 5.74) is 3.96. The molecule has 0 fully saturated rings. The first kappa shape index (κ1) is 18.8. The molecule has 1 unspecified atom stereocenters. The lowest BCUT2D eigenvalue weighted by Crippen LogP contribution is -2.03. The molecule has 5 rings (SSSR count). The number of rotatable bonds is 5. The van der Waals surface area contributed by atoms with Crippen LogP contribution in [0.1, 0.15) is 17.4 Å². The maximum absolute atomic E-state index is 5.90. The average Bonchev–Trinajstić information content (AvgIpc) is 3.41. The van der Waals surface area contributed by atoms with Crippen LogP contribution in [-0.4, -0.2) is 35.2 Å². The summed E-state index contributed by atoms with van der Waals surface area (Å²) in [6.45, 7) is 0.661. The second-order valence-corrected chi connectivity index (χ2v) is 7.01. The van der Waals surface area contributed by atoms with E-state index in [4.69, 9.17) is 33.2 Å². The highest BCUT2D eigenvalue weighted by atomic mass is 16.7. The van der Waals surface area contributed by atoms with Crippen molar-refractivity contribution in [3.8, 4) is 39.9 Å². The van der Waals surface area contributed by atoms with Gasteiger partial charge in [0, 0.05) is 18.1 Å². The molecule has 3 aromatic carbocycles. The van der Waals surface area contributed by atoms with Crippen molar-refractivity contribution in [2.45, 2.75) is 12.9 Å². The molecule has 1 atom stereocenters. The number of fused-ring (bicyclic) bond motifs is 3. The van der Waals surface area contributed by atoms with Crippen LogP contribution in [0.4, 0.5) is 0 Å². The number of benzene rings is 3. The largest absolute Gasteiger partial charge is 0.493 e. The van der Waals surface area contributed by atoms with Gasteiger partial charge in [0.15, 0.2) is 29.3 Å². The molecule has 0 spiro atoms. The summed E-state index contributed by atoms with van der Waals surface area (Å²) in [7, 11) is 6.47. The highest BCUT2D eigenvalue weighted by Crippen LogP contribution is 2.51. The minimum absolute atomic E-state index is 0.217. The van der Waals surface area contributed by atoms with Crippen LogP contribution in [0.3, 0.4) is 0 Å². The van der Waals surface area contributed by atoms with Crippen LogP contribution < -0.4 is 23.7 Å². The van der Waals surface area contributed by atoms with Crippen molar-refractivity contribution in [2.24, 2.45) is 0 Å². The van der Waals surface area contributed by atoms with Crippen LogP contribution in [-0.2, 0) is 16.1 Å². The smallest absolute Gasteiger partial charge is 0.231 e. The van der Waals surface area contributed by atoms with Crippen LogP contribution >= 0.6 is 0 Å². The molecule has 2 aliphatic rings. The quantitative estimate of drug-likeness (QED) is 0.616. The van der Waals surface area contributed by atoms with Gasteiger partial charge in [-0.05, 0) is 46.3 Å². The van der Waals surface area contributed by atoms with Crippen molar-refractivity contribution < 1.29 is 33.2 Å². The fourth-order valence-electron chi connectivity index (χ4n) is 4.27. The van der Waals surface area contributed by atoms with Gasteiger partial charge in [-0.15, -0.1) is 0 Å². The molecule has 7 heteroatoms. The molecule has 0 radical (unpaired) electrons. The predicted molar refractivity (Wildman–Crippen MR) is 110 cm³/mol. The molecule has 0 amide bonds. The molecule has 156 valence electrons. The molecule has 0 saturated heterocycles. The SMILES string of the molecule is COc1cc2c(-c3ccc4c(c3)OCO4)c3c(cc2c(OC)c1OC)COC3OC. The van der Waals surface area contributed by atoms with Crippen LogP contribution in [0.15, 0.2) is 30.3 Å². The molecule has 7 nitrogen and oxygen atoms in total. The number of hydrogen-bond acceptors (Lipinski definition) is 7. The van der Waals surface area contributed by atoms with E-state index in [0.29, 0.717) is 29.6 Å². The van der Waals surface area contributed by atoms with E-state index in [1.165, 1.54) is 0 Å². The van der Waals surface area contributed by atoms with Crippen molar-refractivity contribution in [3.05, 3.63) is 41.5 Å². The fraction of sp³-hybridized carbons (Fsp3) is 0.304. The normalized spacial score (nSPS) is 16.6. The summed E-state index contributed by atoms with van der Waals surface area (Å²) in [5, 5.41) is 1.84. The molecule has 0 bridgehead atoms. The summed E-state index contributed by atoms with van der Waals surface area (Å²) in [6.07, 6.45) is -0.469. The van der Waals surface area contributed by atoms with Gasteiger partial charge in [0.05, 0.1) is 27.9 Å². The summed E-state index contributed by atoms with van der Waals surface area (Å²) in [4.78, 5) is 0. The Hall–Kier alpha value is -3.16. The van der Waals surface area contributed by atoms with Crippen molar-refractivity contribution in [2.75, 3.05) is 35.2 Å². The minimum Gasteiger partial charge on any atom is -0.493 e. The zero-order chi connectivity index (χ0) is 20.8. The highest BCUT2D eigenvalue weighted by molar-refractivity contribution is 6.05. The second-order valence-electron chi connectivity index (χ2n) is 7.01. The van der Waals surface area contributed by atoms with Gasteiger partial charge in [-0.25, -0.2) is 0 Å². The van der Waals surface area contributed by atoms with Crippen LogP contribution in [0.5, 0.6) is 28.7 Å². The molecule has 30 heavy (non-hydrogen) atoms. The van der Waals surface area contributed by atoms with Gasteiger partial charge in [0.1, 0.15) is 0 Å². The van der Waals surface area contributed by atoms with Gasteiger partial charge >= 0.3 is 0 Å². The number of ether oxygens (including phenoxy) is 7. The van der Waals surface area contributed by atoms with E-state index in [-0.39, 0.29) is 6.79 Å². The minimum atomic E-state index is -0.469. The lowest BCUT2D eigenvalue weighted by atomic mass is 9.89. The molecule has 2 aliphatic heterocycles. The van der Waals surface area contributed by atoms with Gasteiger partial charge < -0.3 is 33.2 Å². The molecule has 0 N–H and O–H groups in total. The van der Waals surface area contributed by atoms with E-state index in [2.05, 4.69) is 6.07 Å². The Kier molecular flexibility index (Phi) is 4.56. The van der Waals surface area contributed by atoms with Gasteiger partial charge in [0.2, 0.25) is 12.5 Å². The van der Waals surface area contributed by atoms with Crippen LogP contribution in [0, 0.1) is 0 Å². The Morgan fingerprint density at radius 3 is 2.37 bits per heavy atom. The molecular weight excluding hydrogens is 388 g/mol. The lowest BCUT2D eigenvalue weighted by Gasteiger charge is -2.20. The zero-order valence-electron chi connectivity index (χ0n) is 17.2. The van der Waals surface area contributed by atoms with E-state index >= 15 is 0 Å². The molecule has 0 aliphatic carbocycles. The van der Waals surface area contributed by atoms with Gasteiger partial charge in [-0.2, -0.15) is 0 Å². The second kappa shape index (κ2) is 7.27. The first-order valence-electron chi connectivity index (χ1n) is 9.53. The Balaban J connectivity index is 1.89. The number of hydrogen-bond donors (Lipinski definition) is 0. The standard InChI is InChI=1S/C23H22O7/c1-24-18-9-14-15(21(25-2)22(18)26-3)7-13-10-28-23(27-4)20(13)19(14)12-5-6-16-17(8-12)30-11-29-16/h5-9,23H,10-11H2,1-4H3. The fourth-order valence-corrected chi connectivity index (χ4v) is 4.27. The molecule has 3 aromatic rings. The van der Waals surface area contributed by atoms with Crippen LogP contribution in [0.25, 0.3) is 21.9 Å². The zero-order valence-corrected chi connectivity index (χ0v) is 17.2. The molecule has 2 heterocycles. The Labute approximate surface area is 174 Å². The highest BCUT2D eigenvalue weighted by Gasteiger charge is 2.31. The number of methoxy groups -OCH3 is 4. The monoisotopic (exact) mass is 410 g/mol. The maximum Gasteiger partial charge on any atom is 0.231 e. The third-order valence-corrected chi connectivity index (χ3v) is 5.57. The maximum atomic E-state index is 5.90. The van der Waals surface area contributed by atoms with E-state index in [0.717, 1.165) is 38.8 Å². The van der Waals surface area contributed by atoms with Crippen molar-refractivity contribution >= 4 is 10.8 Å². The van der Waals surface area contributed by atoms with Gasteiger partial charge in [-0.1, -0.05) is 6.07 Å². The predicted octanol–water partition coefficient (Wildman–Crippen LogP) is 4.44. The third-order valence-electron chi connectivity index (χ3n) is 5.57. The van der Waals surface area contributed by atoms with E-state index in [1.54, 1.807) is 28.4 Å². The molecular formula is C23H22O7. The topological polar surface area (TPSA) is 64.6 Å². The van der Waals surface area contributed by atoms with E-state index in [1.807, 2.05) is 24.3 Å². The Morgan fingerprint density at radius 1 is 0.833 bits per heavy atom. The third kappa shape index (κ3) is 2.66. The summed E-state index contributed by atoms with van der Waals surface area (Å²) >= 11 is 0. The van der Waals surface area contributed by atoms with Crippen molar-refractivity contribution in [1.29, 1.82) is 0 Å². The van der Waals surface area contributed by atoms with Gasteiger partial charge in [-0.3, -0.25) is 0 Å². The van der Waals surface area contributed by atoms with Gasteiger partial charge in [0.25, 0.3) is 0 Å². The van der Waals surface area contributed by atoms with E-state index in [9.17, 15) is 0 Å². The Morgan fingerprint density at radius 2 is 1.63 bits per heavy atom. The summed E-state index contributed by atoms with van der Waals surface area (Å²) < 4.78 is 39.6. The summed E-state index contributed by atoms with van der Waals surface area (Å²) in [6, 6.07) is 9.93. The summed E-state index contributed by atoms with van der Waals surface area (Å²) in [5.74, 6) is 3.17. The first-order chi connectivity index (χ1) is 14.7. The van der Waals surface area contributed by atoms with Crippen molar-refractivity contribution in [3.63, 3.8) is 0 Å². The van der Waals surface area contributed by atoms with Crippen molar-refractivity contribution in [1.82, 2.24) is 0 Å². The first-order valence-corrected chi connectivity index (χ1v) is 9.53. The molecule has 0 aromatic heterocycles.